The molecule has 0 saturated carbocycles. The zero-order chi connectivity index (χ0) is 21.9. The van der Waals surface area contributed by atoms with Crippen LogP contribution in [0.15, 0.2) is 46.8 Å². The first-order chi connectivity index (χ1) is 14.1. The third-order valence-corrected chi connectivity index (χ3v) is 6.41. The Morgan fingerprint density at radius 1 is 1.07 bits per heavy atom. The van der Waals surface area contributed by atoms with Crippen molar-refractivity contribution < 1.29 is 18.0 Å². The molecule has 1 unspecified atom stereocenters. The van der Waals surface area contributed by atoms with Crippen LogP contribution in [-0.2, 0) is 11.0 Å². The standard InChI is InChI=1S/C20H19F3N4OS2/c1-11-7-6-10-15(12(11)2)25-18-26-27-19(30-18)29-13(3)17(28)24-16-9-5-4-8-14(16)20(21,22)23/h4-10,13H,1-3H3,(H,24,28)(H,25,26). The number of hydrogen-bond acceptors (Lipinski definition) is 6. The predicted octanol–water partition coefficient (Wildman–Crippen LogP) is 6.04. The number of anilines is 3. The second-order valence-electron chi connectivity index (χ2n) is 6.54. The quantitative estimate of drug-likeness (QED) is 0.447. The molecule has 1 heterocycles. The Bertz CT molecular complexity index is 1050. The second kappa shape index (κ2) is 9.05. The van der Waals surface area contributed by atoms with Crippen LogP contribution < -0.4 is 10.6 Å². The molecule has 0 spiro atoms. The Labute approximate surface area is 180 Å². The van der Waals surface area contributed by atoms with Crippen LogP contribution in [0.5, 0.6) is 0 Å². The van der Waals surface area contributed by atoms with Crippen LogP contribution in [0.25, 0.3) is 0 Å². The topological polar surface area (TPSA) is 66.9 Å². The summed E-state index contributed by atoms with van der Waals surface area (Å²) in [6, 6.07) is 10.8. The van der Waals surface area contributed by atoms with Crippen LogP contribution >= 0.6 is 23.1 Å². The fourth-order valence-corrected chi connectivity index (χ4v) is 4.50. The first-order valence-electron chi connectivity index (χ1n) is 8.95. The van der Waals surface area contributed by atoms with Crippen LogP contribution in [0.1, 0.15) is 23.6 Å². The molecule has 0 radical (unpaired) electrons. The lowest BCUT2D eigenvalue weighted by Gasteiger charge is -2.15. The first kappa shape index (κ1) is 22.1. The van der Waals surface area contributed by atoms with Gasteiger partial charge in [-0.25, -0.2) is 0 Å². The van der Waals surface area contributed by atoms with Crippen LogP contribution in [0, 0.1) is 13.8 Å². The summed E-state index contributed by atoms with van der Waals surface area (Å²) in [5, 5.41) is 13.6. The van der Waals surface area contributed by atoms with Gasteiger partial charge in [-0.15, -0.1) is 10.2 Å². The van der Waals surface area contributed by atoms with Gasteiger partial charge in [-0.05, 0) is 50.1 Å². The van der Waals surface area contributed by atoms with E-state index in [0.717, 1.165) is 34.6 Å². The summed E-state index contributed by atoms with van der Waals surface area (Å²) in [6.45, 7) is 5.62. The van der Waals surface area contributed by atoms with Crippen molar-refractivity contribution in [3.05, 3.63) is 59.2 Å². The predicted molar refractivity (Wildman–Crippen MR) is 115 cm³/mol. The lowest BCUT2D eigenvalue weighted by Crippen LogP contribution is -2.24. The van der Waals surface area contributed by atoms with E-state index in [2.05, 4.69) is 20.8 Å². The molecule has 30 heavy (non-hydrogen) atoms. The Kier molecular flexibility index (Phi) is 6.67. The van der Waals surface area contributed by atoms with Gasteiger partial charge in [0, 0.05) is 5.69 Å². The zero-order valence-electron chi connectivity index (χ0n) is 16.4. The monoisotopic (exact) mass is 452 g/mol. The Hall–Kier alpha value is -2.59. The van der Waals surface area contributed by atoms with Gasteiger partial charge in [-0.1, -0.05) is 47.4 Å². The zero-order valence-corrected chi connectivity index (χ0v) is 18.0. The normalized spacial score (nSPS) is 12.5. The second-order valence-corrected chi connectivity index (χ2v) is 9.10. The number of aromatic nitrogens is 2. The Balaban J connectivity index is 1.65. The van der Waals surface area contributed by atoms with E-state index >= 15 is 0 Å². The number of amides is 1. The van der Waals surface area contributed by atoms with Crippen molar-refractivity contribution in [3.63, 3.8) is 0 Å². The number of halogens is 3. The fraction of sp³-hybridized carbons (Fsp3) is 0.250. The highest BCUT2D eigenvalue weighted by Gasteiger charge is 2.34. The Morgan fingerprint density at radius 2 is 1.77 bits per heavy atom. The van der Waals surface area contributed by atoms with E-state index in [9.17, 15) is 18.0 Å². The summed E-state index contributed by atoms with van der Waals surface area (Å²) >= 11 is 2.41. The number of carbonyl (C=O) groups excluding carboxylic acids is 1. The van der Waals surface area contributed by atoms with Crippen molar-refractivity contribution in [2.45, 2.75) is 36.5 Å². The van der Waals surface area contributed by atoms with Crippen LogP contribution in [0.2, 0.25) is 0 Å². The van der Waals surface area contributed by atoms with Crippen molar-refractivity contribution in [2.75, 3.05) is 10.6 Å². The molecule has 0 aliphatic carbocycles. The number of rotatable bonds is 6. The molecule has 1 aromatic heterocycles. The molecular weight excluding hydrogens is 433 g/mol. The number of hydrogen-bond donors (Lipinski definition) is 2. The molecule has 158 valence electrons. The molecule has 0 fully saturated rings. The summed E-state index contributed by atoms with van der Waals surface area (Å²) in [5.74, 6) is -0.545. The SMILES string of the molecule is Cc1cccc(Nc2nnc(SC(C)C(=O)Nc3ccccc3C(F)(F)F)s2)c1C. The number of nitrogens with one attached hydrogen (secondary N) is 2. The molecular formula is C20H19F3N4OS2. The largest absolute Gasteiger partial charge is 0.418 e. The molecule has 0 saturated heterocycles. The summed E-state index contributed by atoms with van der Waals surface area (Å²) in [5.41, 5.74) is 2.00. The molecule has 3 rings (SSSR count). The van der Waals surface area contributed by atoms with Gasteiger partial charge in [0.1, 0.15) is 0 Å². The molecule has 0 bridgehead atoms. The van der Waals surface area contributed by atoms with Gasteiger partial charge < -0.3 is 10.6 Å². The van der Waals surface area contributed by atoms with E-state index in [4.69, 9.17) is 0 Å². The summed E-state index contributed by atoms with van der Waals surface area (Å²) in [6.07, 6.45) is -4.55. The van der Waals surface area contributed by atoms with Crippen LogP contribution in [0.4, 0.5) is 29.7 Å². The van der Waals surface area contributed by atoms with E-state index in [1.165, 1.54) is 29.5 Å². The summed E-state index contributed by atoms with van der Waals surface area (Å²) in [7, 11) is 0. The highest BCUT2D eigenvalue weighted by atomic mass is 32.2. The fourth-order valence-electron chi connectivity index (χ4n) is 2.59. The molecule has 2 aromatic carbocycles. The van der Waals surface area contributed by atoms with Gasteiger partial charge in [0.05, 0.1) is 16.5 Å². The van der Waals surface area contributed by atoms with E-state index < -0.39 is 22.9 Å². The van der Waals surface area contributed by atoms with Crippen LogP contribution in [0.3, 0.4) is 0 Å². The van der Waals surface area contributed by atoms with Crippen molar-refractivity contribution >= 4 is 45.5 Å². The lowest BCUT2D eigenvalue weighted by molar-refractivity contribution is -0.137. The first-order valence-corrected chi connectivity index (χ1v) is 10.6. The smallest absolute Gasteiger partial charge is 0.330 e. The number of nitrogens with zero attached hydrogens (tertiary/aromatic N) is 2. The van der Waals surface area contributed by atoms with Crippen molar-refractivity contribution in [1.82, 2.24) is 10.2 Å². The van der Waals surface area contributed by atoms with Crippen molar-refractivity contribution in [2.24, 2.45) is 0 Å². The Morgan fingerprint density at radius 3 is 2.50 bits per heavy atom. The summed E-state index contributed by atoms with van der Waals surface area (Å²) in [4.78, 5) is 12.4. The van der Waals surface area contributed by atoms with E-state index in [1.807, 2.05) is 32.0 Å². The highest BCUT2D eigenvalue weighted by molar-refractivity contribution is 8.02. The van der Waals surface area contributed by atoms with Gasteiger partial charge in [-0.3, -0.25) is 4.79 Å². The minimum Gasteiger partial charge on any atom is -0.330 e. The maximum Gasteiger partial charge on any atom is 0.418 e. The molecule has 0 aliphatic rings. The number of thioether (sulfide) groups is 1. The molecule has 3 aromatic rings. The lowest BCUT2D eigenvalue weighted by atomic mass is 10.1. The molecule has 1 atom stereocenters. The maximum absolute atomic E-state index is 13.1. The number of carbonyl (C=O) groups is 1. The van der Waals surface area contributed by atoms with Crippen LogP contribution in [-0.4, -0.2) is 21.4 Å². The molecule has 1 amide bonds. The molecule has 10 heteroatoms. The molecule has 2 N–H and O–H groups in total. The highest BCUT2D eigenvalue weighted by Crippen LogP contribution is 2.36. The molecule has 5 nitrogen and oxygen atoms in total. The van der Waals surface area contributed by atoms with Gasteiger partial charge >= 0.3 is 6.18 Å². The minimum absolute atomic E-state index is 0.267. The van der Waals surface area contributed by atoms with Gasteiger partial charge in [0.2, 0.25) is 11.0 Å². The van der Waals surface area contributed by atoms with Crippen molar-refractivity contribution in [1.29, 1.82) is 0 Å². The van der Waals surface area contributed by atoms with Gasteiger partial charge in [-0.2, -0.15) is 13.2 Å². The minimum atomic E-state index is -4.55. The number of para-hydroxylation sites is 1. The average molecular weight is 453 g/mol. The van der Waals surface area contributed by atoms with E-state index in [-0.39, 0.29) is 5.69 Å². The number of alkyl halides is 3. The van der Waals surface area contributed by atoms with E-state index in [0.29, 0.717) is 9.47 Å². The maximum atomic E-state index is 13.1. The average Bonchev–Trinajstić information content (AvgIpc) is 3.12. The van der Waals surface area contributed by atoms with Gasteiger partial charge in [0.25, 0.3) is 0 Å². The molecule has 0 aliphatic heterocycles. The van der Waals surface area contributed by atoms with Gasteiger partial charge in [0.15, 0.2) is 4.34 Å². The third kappa shape index (κ3) is 5.31. The van der Waals surface area contributed by atoms with Crippen molar-refractivity contribution in [3.8, 4) is 0 Å². The third-order valence-electron chi connectivity index (χ3n) is 4.39. The number of aryl methyl sites for hydroxylation is 1. The summed E-state index contributed by atoms with van der Waals surface area (Å²) < 4.78 is 39.8. The number of benzene rings is 2. The van der Waals surface area contributed by atoms with E-state index in [1.54, 1.807) is 6.92 Å².